The number of nitrogens with zero attached hydrogens (tertiary/aromatic N) is 2. The van der Waals surface area contributed by atoms with Gasteiger partial charge in [-0.3, -0.25) is 19.3 Å². The second kappa shape index (κ2) is 6.50. The maximum Gasteiger partial charge on any atom is 0.233 e. The van der Waals surface area contributed by atoms with Crippen molar-refractivity contribution in [1.82, 2.24) is 4.90 Å². The van der Waals surface area contributed by atoms with Crippen LogP contribution in [0.1, 0.15) is 37.7 Å². The highest BCUT2D eigenvalue weighted by atomic mass is 32.1. The fourth-order valence-corrected chi connectivity index (χ4v) is 4.10. The van der Waals surface area contributed by atoms with E-state index in [2.05, 4.69) is 5.32 Å². The van der Waals surface area contributed by atoms with E-state index >= 15 is 0 Å². The topological polar surface area (TPSA) is 90.3 Å². The van der Waals surface area contributed by atoms with Gasteiger partial charge in [-0.15, -0.1) is 11.3 Å². The Bertz CT molecular complexity index is 667. The van der Waals surface area contributed by atoms with Crippen LogP contribution in [-0.4, -0.2) is 29.2 Å². The van der Waals surface area contributed by atoms with Crippen LogP contribution in [0.25, 0.3) is 0 Å². The zero-order chi connectivity index (χ0) is 16.4. The molecule has 1 N–H and O–H groups in total. The van der Waals surface area contributed by atoms with E-state index in [4.69, 9.17) is 5.26 Å². The predicted octanol–water partition coefficient (Wildman–Crippen LogP) is 2.12. The number of carbonyl (C=O) groups is 3. The average molecular weight is 331 g/mol. The molecule has 1 saturated heterocycles. The van der Waals surface area contributed by atoms with Crippen LogP contribution in [0.15, 0.2) is 11.4 Å². The molecule has 1 saturated carbocycles. The van der Waals surface area contributed by atoms with Gasteiger partial charge in [0.1, 0.15) is 11.1 Å². The van der Waals surface area contributed by atoms with Gasteiger partial charge in [0.2, 0.25) is 17.7 Å². The highest BCUT2D eigenvalue weighted by Crippen LogP contribution is 2.38. The van der Waals surface area contributed by atoms with Gasteiger partial charge in [0.25, 0.3) is 0 Å². The standard InChI is InChI=1S/C16H17N3O3S/c17-9-10-6-8-23-14(10)18-13(20)5-7-19-15(21)11-3-1-2-4-12(11)16(19)22/h6,8,11-12H,1-5,7H2,(H,18,20)/t11-,12+. The van der Waals surface area contributed by atoms with Gasteiger partial charge in [0.15, 0.2) is 0 Å². The van der Waals surface area contributed by atoms with E-state index in [1.165, 1.54) is 16.2 Å². The molecule has 6 nitrogen and oxygen atoms in total. The first kappa shape index (κ1) is 15.7. The van der Waals surface area contributed by atoms with Gasteiger partial charge in [-0.05, 0) is 24.3 Å². The van der Waals surface area contributed by atoms with Crippen molar-refractivity contribution in [3.63, 3.8) is 0 Å². The highest BCUT2D eigenvalue weighted by molar-refractivity contribution is 7.14. The van der Waals surface area contributed by atoms with Crippen LogP contribution in [0.4, 0.5) is 5.00 Å². The van der Waals surface area contributed by atoms with Crippen molar-refractivity contribution in [2.45, 2.75) is 32.1 Å². The molecule has 1 aromatic rings. The zero-order valence-corrected chi connectivity index (χ0v) is 13.4. The van der Waals surface area contributed by atoms with Crippen LogP contribution in [0, 0.1) is 23.2 Å². The van der Waals surface area contributed by atoms with E-state index < -0.39 is 0 Å². The number of likely N-dealkylation sites (tertiary alicyclic amines) is 1. The van der Waals surface area contributed by atoms with Crippen molar-refractivity contribution in [3.8, 4) is 6.07 Å². The minimum Gasteiger partial charge on any atom is -0.317 e. The number of rotatable bonds is 4. The Balaban J connectivity index is 1.58. The summed E-state index contributed by atoms with van der Waals surface area (Å²) in [5, 5.41) is 13.8. The molecule has 2 aliphatic rings. The van der Waals surface area contributed by atoms with E-state index in [0.29, 0.717) is 10.6 Å². The number of thiophene rings is 1. The summed E-state index contributed by atoms with van der Waals surface area (Å²) in [6, 6.07) is 3.64. The largest absolute Gasteiger partial charge is 0.317 e. The van der Waals surface area contributed by atoms with E-state index in [1.807, 2.05) is 6.07 Å². The minimum absolute atomic E-state index is 0.0552. The maximum atomic E-state index is 12.3. The number of hydrogen-bond acceptors (Lipinski definition) is 5. The second-order valence-corrected chi connectivity index (χ2v) is 6.82. The van der Waals surface area contributed by atoms with Gasteiger partial charge in [0.05, 0.1) is 17.4 Å². The van der Waals surface area contributed by atoms with Crippen molar-refractivity contribution in [2.24, 2.45) is 11.8 Å². The molecule has 1 aliphatic heterocycles. The molecule has 0 radical (unpaired) electrons. The number of anilines is 1. The van der Waals surface area contributed by atoms with Gasteiger partial charge in [-0.2, -0.15) is 5.26 Å². The quantitative estimate of drug-likeness (QED) is 0.856. The molecule has 3 amide bonds. The Morgan fingerprint density at radius 3 is 2.57 bits per heavy atom. The Kier molecular flexibility index (Phi) is 4.44. The first-order valence-corrected chi connectivity index (χ1v) is 8.62. The zero-order valence-electron chi connectivity index (χ0n) is 12.6. The van der Waals surface area contributed by atoms with E-state index in [0.717, 1.165) is 25.7 Å². The van der Waals surface area contributed by atoms with Crippen molar-refractivity contribution >= 4 is 34.1 Å². The number of fused-ring (bicyclic) bond motifs is 1. The van der Waals surface area contributed by atoms with Crippen LogP contribution >= 0.6 is 11.3 Å². The van der Waals surface area contributed by atoms with Gasteiger partial charge >= 0.3 is 0 Å². The van der Waals surface area contributed by atoms with E-state index in [-0.39, 0.29) is 42.5 Å². The summed E-state index contributed by atoms with van der Waals surface area (Å²) in [6.07, 6.45) is 3.59. The Morgan fingerprint density at radius 2 is 1.96 bits per heavy atom. The summed E-state index contributed by atoms with van der Waals surface area (Å²) in [5.41, 5.74) is 0.419. The molecule has 1 aliphatic carbocycles. The lowest BCUT2D eigenvalue weighted by Crippen LogP contribution is -2.34. The average Bonchev–Trinajstić information content (AvgIpc) is 3.10. The van der Waals surface area contributed by atoms with Crippen LogP contribution < -0.4 is 5.32 Å². The lowest BCUT2D eigenvalue weighted by Gasteiger charge is -2.19. The first-order valence-electron chi connectivity index (χ1n) is 7.74. The summed E-state index contributed by atoms with van der Waals surface area (Å²) in [6.45, 7) is 0.115. The SMILES string of the molecule is N#Cc1ccsc1NC(=O)CCN1C(=O)[C@H]2CCCC[C@H]2C1=O. The molecule has 23 heavy (non-hydrogen) atoms. The smallest absolute Gasteiger partial charge is 0.233 e. The number of amides is 3. The van der Waals surface area contributed by atoms with Crippen molar-refractivity contribution in [3.05, 3.63) is 17.0 Å². The molecule has 120 valence electrons. The Hall–Kier alpha value is -2.20. The lowest BCUT2D eigenvalue weighted by molar-refractivity contribution is -0.140. The van der Waals surface area contributed by atoms with Crippen molar-refractivity contribution < 1.29 is 14.4 Å². The molecule has 0 bridgehead atoms. The molecular weight excluding hydrogens is 314 g/mol. The molecule has 2 atom stereocenters. The molecule has 2 fully saturated rings. The Morgan fingerprint density at radius 1 is 1.30 bits per heavy atom. The molecule has 0 unspecified atom stereocenters. The normalized spacial score (nSPS) is 23.5. The first-order chi connectivity index (χ1) is 11.1. The van der Waals surface area contributed by atoms with Crippen LogP contribution in [0.5, 0.6) is 0 Å². The number of imide groups is 1. The Labute approximate surface area is 138 Å². The van der Waals surface area contributed by atoms with Crippen molar-refractivity contribution in [1.29, 1.82) is 5.26 Å². The summed E-state index contributed by atoms with van der Waals surface area (Å²) in [7, 11) is 0. The van der Waals surface area contributed by atoms with Gasteiger partial charge in [-0.1, -0.05) is 12.8 Å². The number of nitrogens with one attached hydrogen (secondary N) is 1. The summed E-state index contributed by atoms with van der Waals surface area (Å²) in [4.78, 5) is 37.9. The molecule has 3 rings (SSSR count). The van der Waals surface area contributed by atoms with Crippen LogP contribution in [-0.2, 0) is 14.4 Å². The maximum absolute atomic E-state index is 12.3. The number of hydrogen-bond donors (Lipinski definition) is 1. The van der Waals surface area contributed by atoms with Gasteiger partial charge < -0.3 is 5.32 Å². The molecule has 7 heteroatoms. The molecule has 2 heterocycles. The third-order valence-corrected chi connectivity index (χ3v) is 5.36. The van der Waals surface area contributed by atoms with E-state index in [1.54, 1.807) is 11.4 Å². The number of nitriles is 1. The third-order valence-electron chi connectivity index (χ3n) is 4.53. The van der Waals surface area contributed by atoms with Gasteiger partial charge in [-0.25, -0.2) is 0 Å². The van der Waals surface area contributed by atoms with Gasteiger partial charge in [0, 0.05) is 13.0 Å². The summed E-state index contributed by atoms with van der Waals surface area (Å²) >= 11 is 1.28. The minimum atomic E-state index is -0.292. The van der Waals surface area contributed by atoms with Crippen LogP contribution in [0.3, 0.4) is 0 Å². The van der Waals surface area contributed by atoms with Crippen molar-refractivity contribution in [2.75, 3.05) is 11.9 Å². The molecule has 0 spiro atoms. The predicted molar refractivity (Wildman–Crippen MR) is 84.4 cm³/mol. The van der Waals surface area contributed by atoms with Crippen LogP contribution in [0.2, 0.25) is 0 Å². The fraction of sp³-hybridized carbons (Fsp3) is 0.500. The summed E-state index contributed by atoms with van der Waals surface area (Å²) < 4.78 is 0. The molecule has 0 aromatic carbocycles. The van der Waals surface area contributed by atoms with E-state index in [9.17, 15) is 14.4 Å². The second-order valence-electron chi connectivity index (χ2n) is 5.90. The molecular formula is C16H17N3O3S. The fourth-order valence-electron chi connectivity index (χ4n) is 3.35. The number of carbonyl (C=O) groups excluding carboxylic acids is 3. The molecule has 1 aromatic heterocycles. The summed E-state index contributed by atoms with van der Waals surface area (Å²) in [5.74, 6) is -0.898. The highest BCUT2D eigenvalue weighted by Gasteiger charge is 2.47. The third kappa shape index (κ3) is 2.99. The lowest BCUT2D eigenvalue weighted by atomic mass is 9.81. The monoisotopic (exact) mass is 331 g/mol.